The monoisotopic (exact) mass is 343 g/mol. The molecule has 128 valence electrons. The summed E-state index contributed by atoms with van der Waals surface area (Å²) in [6.45, 7) is 4.01. The van der Waals surface area contributed by atoms with E-state index in [9.17, 15) is 9.90 Å². The van der Waals surface area contributed by atoms with Crippen LogP contribution in [0.25, 0.3) is 33.5 Å². The average molecular weight is 343 g/mol. The summed E-state index contributed by atoms with van der Waals surface area (Å²) in [6.07, 6.45) is 0. The first-order valence-electron chi connectivity index (χ1n) is 8.29. The van der Waals surface area contributed by atoms with Crippen LogP contribution in [0.3, 0.4) is 0 Å². The molecule has 0 saturated heterocycles. The van der Waals surface area contributed by atoms with Gasteiger partial charge < -0.3 is 5.11 Å². The van der Waals surface area contributed by atoms with Crippen molar-refractivity contribution in [2.24, 2.45) is 0 Å². The molecule has 0 aliphatic rings. The van der Waals surface area contributed by atoms with E-state index in [-0.39, 0.29) is 5.56 Å². The summed E-state index contributed by atoms with van der Waals surface area (Å²) in [5.41, 5.74) is 5.86. The maximum absolute atomic E-state index is 11.9. The Kier molecular flexibility index (Phi) is 3.77. The molecule has 0 fully saturated rings. The molecule has 0 bridgehead atoms. The molecular weight excluding hydrogens is 326 g/mol. The molecule has 5 nitrogen and oxygen atoms in total. The lowest BCUT2D eigenvalue weighted by Gasteiger charge is -2.06. The fourth-order valence-corrected chi connectivity index (χ4v) is 2.99. The molecule has 0 spiro atoms. The number of H-pyrrole nitrogens is 1. The van der Waals surface area contributed by atoms with Crippen molar-refractivity contribution in [3.8, 4) is 22.5 Å². The molecule has 4 aromatic rings. The molecule has 0 aliphatic carbocycles. The number of rotatable bonds is 3. The number of hydrogen-bond acceptors (Lipinski definition) is 3. The summed E-state index contributed by atoms with van der Waals surface area (Å²) in [4.78, 5) is 16.5. The Labute approximate surface area is 150 Å². The molecule has 2 aromatic carbocycles. The molecule has 26 heavy (non-hydrogen) atoms. The Morgan fingerprint density at radius 2 is 1.50 bits per heavy atom. The van der Waals surface area contributed by atoms with Crippen molar-refractivity contribution in [2.45, 2.75) is 13.8 Å². The highest BCUT2D eigenvalue weighted by atomic mass is 16.4. The van der Waals surface area contributed by atoms with E-state index in [1.807, 2.05) is 62.4 Å². The lowest BCUT2D eigenvalue weighted by molar-refractivity contribution is 0.0699. The van der Waals surface area contributed by atoms with E-state index in [2.05, 4.69) is 15.2 Å². The van der Waals surface area contributed by atoms with Crippen LogP contribution in [0.1, 0.15) is 21.5 Å². The van der Waals surface area contributed by atoms with Crippen molar-refractivity contribution < 1.29 is 9.90 Å². The van der Waals surface area contributed by atoms with Crippen LogP contribution in [-0.2, 0) is 0 Å². The molecule has 0 amide bonds. The van der Waals surface area contributed by atoms with Crippen LogP contribution in [0.15, 0.2) is 54.6 Å². The van der Waals surface area contributed by atoms with Gasteiger partial charge in [-0.1, -0.05) is 59.7 Å². The molecule has 0 radical (unpaired) electrons. The third kappa shape index (κ3) is 2.73. The van der Waals surface area contributed by atoms with Gasteiger partial charge in [-0.25, -0.2) is 9.78 Å². The highest BCUT2D eigenvalue weighted by Crippen LogP contribution is 2.31. The average Bonchev–Trinajstić information content (AvgIpc) is 3.06. The number of aryl methyl sites for hydroxylation is 2. The number of nitrogens with one attached hydrogen (secondary N) is 1. The van der Waals surface area contributed by atoms with Gasteiger partial charge in [0.25, 0.3) is 0 Å². The van der Waals surface area contributed by atoms with Crippen molar-refractivity contribution in [3.05, 3.63) is 71.3 Å². The Balaban J connectivity index is 1.94. The van der Waals surface area contributed by atoms with Gasteiger partial charge in [0.15, 0.2) is 5.65 Å². The third-order valence-corrected chi connectivity index (χ3v) is 4.44. The molecule has 2 aromatic heterocycles. The molecule has 0 unspecified atom stereocenters. The molecular formula is C21H17N3O2. The first-order chi connectivity index (χ1) is 12.5. The molecule has 0 saturated carbocycles. The number of fused-ring (bicyclic) bond motifs is 1. The van der Waals surface area contributed by atoms with Crippen molar-refractivity contribution in [1.29, 1.82) is 0 Å². The smallest absolute Gasteiger partial charge is 0.336 e. The minimum atomic E-state index is -1.000. The lowest BCUT2D eigenvalue weighted by atomic mass is 10.0. The zero-order valence-electron chi connectivity index (χ0n) is 14.4. The molecule has 0 atom stereocenters. The summed E-state index contributed by atoms with van der Waals surface area (Å²) in [5, 5.41) is 17.5. The molecule has 0 aliphatic heterocycles. The fourth-order valence-electron chi connectivity index (χ4n) is 2.99. The topological polar surface area (TPSA) is 78.9 Å². The quantitative estimate of drug-likeness (QED) is 0.569. The Morgan fingerprint density at radius 3 is 2.08 bits per heavy atom. The Bertz CT molecular complexity index is 1110. The Morgan fingerprint density at radius 1 is 0.923 bits per heavy atom. The predicted octanol–water partition coefficient (Wildman–Crippen LogP) is 4.61. The number of benzene rings is 2. The van der Waals surface area contributed by atoms with Gasteiger partial charge in [0.2, 0.25) is 0 Å². The number of aromatic carboxylic acids is 1. The van der Waals surface area contributed by atoms with Crippen LogP contribution in [0.4, 0.5) is 0 Å². The second-order valence-corrected chi connectivity index (χ2v) is 6.39. The van der Waals surface area contributed by atoms with E-state index < -0.39 is 5.97 Å². The van der Waals surface area contributed by atoms with E-state index >= 15 is 0 Å². The second kappa shape index (κ2) is 6.11. The van der Waals surface area contributed by atoms with Gasteiger partial charge in [0.05, 0.1) is 22.3 Å². The summed E-state index contributed by atoms with van der Waals surface area (Å²) in [7, 11) is 0. The van der Waals surface area contributed by atoms with E-state index in [4.69, 9.17) is 0 Å². The predicted molar refractivity (Wildman–Crippen MR) is 101 cm³/mol. The maximum Gasteiger partial charge on any atom is 0.336 e. The number of carbonyl (C=O) groups is 1. The SMILES string of the molecule is Cc1ccc(-c2cc(C(=O)O)c3c(-c4ccc(C)cc4)[nH]nc3n2)cc1. The standard InChI is InChI=1S/C21H17N3O2/c1-12-3-7-14(8-4-12)17-11-16(21(25)26)18-19(23-24-20(18)22-17)15-9-5-13(2)6-10-15/h3-11H,1-2H3,(H,25,26)(H,22,23,24). The molecule has 2 N–H and O–H groups in total. The van der Waals surface area contributed by atoms with Crippen molar-refractivity contribution in [3.63, 3.8) is 0 Å². The van der Waals surface area contributed by atoms with Gasteiger partial charge in [0.1, 0.15) is 0 Å². The largest absolute Gasteiger partial charge is 0.478 e. The van der Waals surface area contributed by atoms with Gasteiger partial charge >= 0.3 is 5.97 Å². The summed E-state index contributed by atoms with van der Waals surface area (Å²) in [6, 6.07) is 17.3. The minimum absolute atomic E-state index is 0.190. The number of aromatic amines is 1. The van der Waals surface area contributed by atoms with Crippen molar-refractivity contribution in [1.82, 2.24) is 15.2 Å². The zero-order chi connectivity index (χ0) is 18.3. The van der Waals surface area contributed by atoms with Crippen LogP contribution in [0.5, 0.6) is 0 Å². The van der Waals surface area contributed by atoms with Gasteiger partial charge in [-0.2, -0.15) is 5.10 Å². The van der Waals surface area contributed by atoms with Crippen LogP contribution in [0, 0.1) is 13.8 Å². The van der Waals surface area contributed by atoms with Crippen LogP contribution in [-0.4, -0.2) is 26.3 Å². The number of aromatic nitrogens is 3. The summed E-state index contributed by atoms with van der Waals surface area (Å²) in [5.74, 6) is -1.000. The van der Waals surface area contributed by atoms with Gasteiger partial charge in [0, 0.05) is 11.1 Å². The maximum atomic E-state index is 11.9. The third-order valence-electron chi connectivity index (χ3n) is 4.44. The number of pyridine rings is 1. The number of carboxylic acid groups (broad SMARTS) is 1. The van der Waals surface area contributed by atoms with Gasteiger partial charge in [-0.05, 0) is 19.9 Å². The lowest BCUT2D eigenvalue weighted by Crippen LogP contribution is -2.00. The van der Waals surface area contributed by atoms with Crippen LogP contribution in [0.2, 0.25) is 0 Å². The van der Waals surface area contributed by atoms with E-state index in [0.717, 1.165) is 22.3 Å². The molecule has 2 heterocycles. The fraction of sp³-hybridized carbons (Fsp3) is 0.0952. The van der Waals surface area contributed by atoms with Crippen LogP contribution >= 0.6 is 0 Å². The number of nitrogens with zero attached hydrogens (tertiary/aromatic N) is 2. The van der Waals surface area contributed by atoms with Gasteiger partial charge in [-0.3, -0.25) is 5.10 Å². The highest BCUT2D eigenvalue weighted by Gasteiger charge is 2.19. The number of carboxylic acids is 1. The second-order valence-electron chi connectivity index (χ2n) is 6.39. The van der Waals surface area contributed by atoms with E-state index in [0.29, 0.717) is 22.4 Å². The first-order valence-corrected chi connectivity index (χ1v) is 8.29. The van der Waals surface area contributed by atoms with Gasteiger partial charge in [-0.15, -0.1) is 0 Å². The molecule has 4 rings (SSSR count). The Hall–Kier alpha value is -3.47. The van der Waals surface area contributed by atoms with Crippen molar-refractivity contribution >= 4 is 17.0 Å². The zero-order valence-corrected chi connectivity index (χ0v) is 14.4. The molecule has 5 heteroatoms. The minimum Gasteiger partial charge on any atom is -0.478 e. The normalized spacial score (nSPS) is 11.0. The van der Waals surface area contributed by atoms with E-state index in [1.54, 1.807) is 6.07 Å². The highest BCUT2D eigenvalue weighted by molar-refractivity contribution is 6.08. The summed E-state index contributed by atoms with van der Waals surface area (Å²) < 4.78 is 0. The summed E-state index contributed by atoms with van der Waals surface area (Å²) >= 11 is 0. The van der Waals surface area contributed by atoms with Crippen molar-refractivity contribution in [2.75, 3.05) is 0 Å². The van der Waals surface area contributed by atoms with Crippen LogP contribution < -0.4 is 0 Å². The van der Waals surface area contributed by atoms with E-state index in [1.165, 1.54) is 0 Å². The first kappa shape index (κ1) is 16.0. The number of hydrogen-bond donors (Lipinski definition) is 2.